The van der Waals surface area contributed by atoms with Gasteiger partial charge in [-0.25, -0.2) is 19.7 Å². The summed E-state index contributed by atoms with van der Waals surface area (Å²) in [6.45, 7) is 1.35. The SMILES string of the molecule is COC(=O)c1cnc(-c2nccn2CC2COc3cc(OC)ccc3C2)cn1. The summed E-state index contributed by atoms with van der Waals surface area (Å²) in [6.07, 6.45) is 7.48. The molecular weight excluding hydrogens is 360 g/mol. The lowest BCUT2D eigenvalue weighted by atomic mass is 9.96. The third-order valence-corrected chi connectivity index (χ3v) is 4.70. The van der Waals surface area contributed by atoms with Crippen LogP contribution in [0.5, 0.6) is 11.5 Å². The van der Waals surface area contributed by atoms with Crippen molar-refractivity contribution < 1.29 is 19.0 Å². The molecule has 0 aliphatic carbocycles. The van der Waals surface area contributed by atoms with Gasteiger partial charge in [-0.2, -0.15) is 0 Å². The molecule has 144 valence electrons. The van der Waals surface area contributed by atoms with Crippen molar-refractivity contribution in [1.82, 2.24) is 19.5 Å². The van der Waals surface area contributed by atoms with Gasteiger partial charge in [0, 0.05) is 30.9 Å². The summed E-state index contributed by atoms with van der Waals surface area (Å²) < 4.78 is 17.9. The molecule has 1 atom stereocenters. The Morgan fingerprint density at radius 3 is 2.89 bits per heavy atom. The minimum atomic E-state index is -0.517. The number of aromatic nitrogens is 4. The van der Waals surface area contributed by atoms with Crippen molar-refractivity contribution in [1.29, 1.82) is 0 Å². The molecule has 4 rings (SSSR count). The zero-order chi connectivity index (χ0) is 19.5. The third-order valence-electron chi connectivity index (χ3n) is 4.70. The van der Waals surface area contributed by atoms with E-state index in [0.717, 1.165) is 24.5 Å². The first-order valence-electron chi connectivity index (χ1n) is 8.89. The summed E-state index contributed by atoms with van der Waals surface area (Å²) in [7, 11) is 2.96. The van der Waals surface area contributed by atoms with Gasteiger partial charge in [0.15, 0.2) is 11.5 Å². The Labute approximate surface area is 162 Å². The summed E-state index contributed by atoms with van der Waals surface area (Å²) in [5.41, 5.74) is 1.93. The third kappa shape index (κ3) is 3.53. The molecule has 8 nitrogen and oxygen atoms in total. The molecule has 1 aliphatic heterocycles. The maximum atomic E-state index is 11.5. The predicted octanol–water partition coefficient (Wildman–Crippen LogP) is 2.39. The van der Waals surface area contributed by atoms with E-state index in [4.69, 9.17) is 9.47 Å². The highest BCUT2D eigenvalue weighted by molar-refractivity contribution is 5.86. The van der Waals surface area contributed by atoms with Crippen LogP contribution in [0.1, 0.15) is 16.1 Å². The summed E-state index contributed by atoms with van der Waals surface area (Å²) in [5, 5.41) is 0. The number of ether oxygens (including phenoxy) is 3. The van der Waals surface area contributed by atoms with Crippen LogP contribution in [0.4, 0.5) is 0 Å². The Morgan fingerprint density at radius 2 is 2.14 bits per heavy atom. The van der Waals surface area contributed by atoms with E-state index in [1.54, 1.807) is 13.3 Å². The number of carbonyl (C=O) groups is 1. The van der Waals surface area contributed by atoms with Crippen LogP contribution >= 0.6 is 0 Å². The van der Waals surface area contributed by atoms with Crippen molar-refractivity contribution >= 4 is 5.97 Å². The Hall–Kier alpha value is -3.42. The Kier molecular flexibility index (Phi) is 4.92. The zero-order valence-corrected chi connectivity index (χ0v) is 15.7. The number of hydrogen-bond acceptors (Lipinski definition) is 7. The first-order valence-corrected chi connectivity index (χ1v) is 8.89. The van der Waals surface area contributed by atoms with Gasteiger partial charge in [0.2, 0.25) is 0 Å². The fourth-order valence-electron chi connectivity index (χ4n) is 3.28. The smallest absolute Gasteiger partial charge is 0.358 e. The van der Waals surface area contributed by atoms with Gasteiger partial charge in [-0.15, -0.1) is 0 Å². The first-order chi connectivity index (χ1) is 13.7. The second-order valence-electron chi connectivity index (χ2n) is 6.54. The second kappa shape index (κ2) is 7.67. The number of esters is 1. The van der Waals surface area contributed by atoms with E-state index in [9.17, 15) is 4.79 Å². The van der Waals surface area contributed by atoms with E-state index in [1.807, 2.05) is 29.0 Å². The fraction of sp³-hybridized carbons (Fsp3) is 0.300. The molecule has 0 saturated carbocycles. The molecule has 1 aromatic carbocycles. The highest BCUT2D eigenvalue weighted by Gasteiger charge is 2.22. The number of fused-ring (bicyclic) bond motifs is 1. The van der Waals surface area contributed by atoms with Gasteiger partial charge < -0.3 is 18.8 Å². The van der Waals surface area contributed by atoms with Gasteiger partial charge in [0.1, 0.15) is 17.2 Å². The summed E-state index contributed by atoms with van der Waals surface area (Å²) in [5.74, 6) is 2.16. The largest absolute Gasteiger partial charge is 0.497 e. The first kappa shape index (κ1) is 18.0. The van der Waals surface area contributed by atoms with Crippen LogP contribution in [0.3, 0.4) is 0 Å². The quantitative estimate of drug-likeness (QED) is 0.628. The lowest BCUT2D eigenvalue weighted by molar-refractivity contribution is 0.0593. The molecule has 0 saturated heterocycles. The van der Waals surface area contributed by atoms with Crippen molar-refractivity contribution in [3.05, 3.63) is 54.2 Å². The Morgan fingerprint density at radius 1 is 1.25 bits per heavy atom. The molecule has 0 fully saturated rings. The molecular formula is C20H20N4O4. The average molecular weight is 380 g/mol. The molecule has 3 aromatic rings. The number of benzene rings is 1. The molecule has 8 heteroatoms. The number of carbonyl (C=O) groups excluding carboxylic acids is 1. The summed E-state index contributed by atoms with van der Waals surface area (Å²) in [6, 6.07) is 5.92. The van der Waals surface area contributed by atoms with Crippen molar-refractivity contribution in [2.75, 3.05) is 20.8 Å². The molecule has 0 N–H and O–H groups in total. The number of rotatable bonds is 5. The van der Waals surface area contributed by atoms with Crippen molar-refractivity contribution in [2.45, 2.75) is 13.0 Å². The van der Waals surface area contributed by atoms with Crippen LogP contribution in [-0.4, -0.2) is 46.3 Å². The lowest BCUT2D eigenvalue weighted by Gasteiger charge is -2.26. The lowest BCUT2D eigenvalue weighted by Crippen LogP contribution is -2.25. The Bertz CT molecular complexity index is 984. The minimum absolute atomic E-state index is 0.164. The fourth-order valence-corrected chi connectivity index (χ4v) is 3.28. The number of methoxy groups -OCH3 is 2. The van der Waals surface area contributed by atoms with Crippen LogP contribution in [0.15, 0.2) is 43.0 Å². The van der Waals surface area contributed by atoms with Gasteiger partial charge in [0.25, 0.3) is 0 Å². The van der Waals surface area contributed by atoms with Gasteiger partial charge in [0.05, 0.1) is 33.2 Å². The van der Waals surface area contributed by atoms with Crippen molar-refractivity contribution in [3.8, 4) is 23.0 Å². The molecule has 1 aliphatic rings. The van der Waals surface area contributed by atoms with E-state index < -0.39 is 5.97 Å². The standard InChI is InChI=1S/C20H20N4O4/c1-26-15-4-3-14-7-13(12-28-18(14)8-15)11-24-6-5-21-19(24)16-9-23-17(10-22-16)20(25)27-2/h3-6,8-10,13H,7,11-12H2,1-2H3. The van der Waals surface area contributed by atoms with E-state index in [0.29, 0.717) is 24.0 Å². The van der Waals surface area contributed by atoms with Crippen LogP contribution in [0.2, 0.25) is 0 Å². The normalized spacial score (nSPS) is 15.4. The zero-order valence-electron chi connectivity index (χ0n) is 15.7. The topological polar surface area (TPSA) is 88.4 Å². The monoisotopic (exact) mass is 380 g/mol. The average Bonchev–Trinajstić information content (AvgIpc) is 3.21. The van der Waals surface area contributed by atoms with Crippen LogP contribution < -0.4 is 9.47 Å². The maximum Gasteiger partial charge on any atom is 0.358 e. The van der Waals surface area contributed by atoms with Gasteiger partial charge in [-0.1, -0.05) is 6.07 Å². The highest BCUT2D eigenvalue weighted by atomic mass is 16.5. The van der Waals surface area contributed by atoms with Gasteiger partial charge >= 0.3 is 5.97 Å². The number of nitrogens with zero attached hydrogens (tertiary/aromatic N) is 4. The molecule has 0 amide bonds. The molecule has 2 aromatic heterocycles. The van der Waals surface area contributed by atoms with E-state index in [-0.39, 0.29) is 5.69 Å². The van der Waals surface area contributed by atoms with Crippen LogP contribution in [0.25, 0.3) is 11.5 Å². The minimum Gasteiger partial charge on any atom is -0.497 e. The second-order valence-corrected chi connectivity index (χ2v) is 6.54. The van der Waals surface area contributed by atoms with Crippen molar-refractivity contribution in [2.24, 2.45) is 5.92 Å². The highest BCUT2D eigenvalue weighted by Crippen LogP contribution is 2.32. The molecule has 28 heavy (non-hydrogen) atoms. The molecule has 1 unspecified atom stereocenters. The molecule has 0 radical (unpaired) electrons. The summed E-state index contributed by atoms with van der Waals surface area (Å²) >= 11 is 0. The molecule has 3 heterocycles. The maximum absolute atomic E-state index is 11.5. The van der Waals surface area contributed by atoms with Gasteiger partial charge in [-0.3, -0.25) is 0 Å². The van der Waals surface area contributed by atoms with Gasteiger partial charge in [-0.05, 0) is 18.1 Å². The van der Waals surface area contributed by atoms with Crippen LogP contribution in [0, 0.1) is 5.92 Å². The van der Waals surface area contributed by atoms with E-state index in [1.165, 1.54) is 25.1 Å². The van der Waals surface area contributed by atoms with Crippen LogP contribution in [-0.2, 0) is 17.7 Å². The summed E-state index contributed by atoms with van der Waals surface area (Å²) in [4.78, 5) is 24.3. The van der Waals surface area contributed by atoms with E-state index in [2.05, 4.69) is 19.7 Å². The molecule has 0 spiro atoms. The molecule has 0 bridgehead atoms. The van der Waals surface area contributed by atoms with Crippen molar-refractivity contribution in [3.63, 3.8) is 0 Å². The number of imidazole rings is 1. The Balaban J connectivity index is 1.50. The predicted molar refractivity (Wildman–Crippen MR) is 100 cm³/mol. The van der Waals surface area contributed by atoms with E-state index >= 15 is 0 Å². The number of hydrogen-bond donors (Lipinski definition) is 0.